The fourth-order valence-electron chi connectivity index (χ4n) is 3.49. The highest BCUT2D eigenvalue weighted by atomic mass is 35.5. The molecule has 1 N–H and O–H groups in total. The Morgan fingerprint density at radius 3 is 2.76 bits per heavy atom. The minimum absolute atomic E-state index is 0.156. The number of ether oxygens (including phenoxy) is 1. The Hall–Kier alpha value is -3.58. The topological polar surface area (TPSA) is 69.3 Å². The number of carbonyl (C=O) groups excluding carboxylic acids is 1. The van der Waals surface area contributed by atoms with E-state index in [1.165, 1.54) is 12.1 Å². The van der Waals surface area contributed by atoms with Gasteiger partial charge >= 0.3 is 0 Å². The highest BCUT2D eigenvalue weighted by molar-refractivity contribution is 6.31. The Morgan fingerprint density at radius 2 is 2.00 bits per heavy atom. The van der Waals surface area contributed by atoms with E-state index in [2.05, 4.69) is 36.4 Å². The average Bonchev–Trinajstić information content (AvgIpc) is 3.43. The molecule has 0 saturated carbocycles. The van der Waals surface area contributed by atoms with Gasteiger partial charge in [-0.05, 0) is 59.9 Å². The van der Waals surface area contributed by atoms with Crippen LogP contribution in [0, 0.1) is 12.7 Å². The zero-order chi connectivity index (χ0) is 24.2. The van der Waals surface area contributed by atoms with Gasteiger partial charge in [-0.1, -0.05) is 43.6 Å². The minimum Gasteiger partial charge on any atom is -0.485 e. The maximum atomic E-state index is 13.2. The van der Waals surface area contributed by atoms with Crippen LogP contribution in [-0.4, -0.2) is 15.7 Å². The second-order valence-electron chi connectivity index (χ2n) is 8.34. The summed E-state index contributed by atoms with van der Waals surface area (Å²) in [5.41, 5.74) is 2.95. The van der Waals surface area contributed by atoms with Crippen LogP contribution in [0.4, 0.5) is 10.2 Å². The molecular weight excluding hydrogens is 457 g/mol. The zero-order valence-corrected chi connectivity index (χ0v) is 19.9. The maximum Gasteiger partial charge on any atom is 0.292 e. The third-order valence-corrected chi connectivity index (χ3v) is 5.63. The molecule has 4 rings (SSSR count). The van der Waals surface area contributed by atoms with Crippen LogP contribution in [-0.2, 0) is 13.2 Å². The number of halogens is 2. The predicted octanol–water partition coefficient (Wildman–Crippen LogP) is 6.58. The van der Waals surface area contributed by atoms with E-state index in [1.807, 2.05) is 13.0 Å². The molecule has 2 aromatic carbocycles. The summed E-state index contributed by atoms with van der Waals surface area (Å²) in [6.45, 7) is 6.80. The molecule has 0 atom stereocenters. The first-order chi connectivity index (χ1) is 16.3. The van der Waals surface area contributed by atoms with Crippen molar-refractivity contribution in [1.82, 2.24) is 9.78 Å². The summed E-state index contributed by atoms with van der Waals surface area (Å²) in [5.74, 6) is 1.37. The second-order valence-corrected chi connectivity index (χ2v) is 8.75. The summed E-state index contributed by atoms with van der Waals surface area (Å²) in [6.07, 6.45) is 1.70. The summed E-state index contributed by atoms with van der Waals surface area (Å²) in [6, 6.07) is 15.3. The van der Waals surface area contributed by atoms with Crippen LogP contribution in [0.1, 0.15) is 52.8 Å². The molecule has 0 radical (unpaired) electrons. The van der Waals surface area contributed by atoms with Gasteiger partial charge in [0.15, 0.2) is 11.6 Å². The number of anilines is 1. The van der Waals surface area contributed by atoms with Crippen LogP contribution < -0.4 is 10.1 Å². The largest absolute Gasteiger partial charge is 0.485 e. The molecule has 0 aliphatic carbocycles. The number of nitrogens with one attached hydrogen (secondary N) is 1. The predicted molar refractivity (Wildman–Crippen MR) is 129 cm³/mol. The first kappa shape index (κ1) is 23.6. The van der Waals surface area contributed by atoms with Gasteiger partial charge in [-0.3, -0.25) is 9.48 Å². The van der Waals surface area contributed by atoms with Crippen LogP contribution in [0.15, 0.2) is 65.2 Å². The molecule has 0 aliphatic rings. The lowest BCUT2D eigenvalue weighted by atomic mass is 10.0. The van der Waals surface area contributed by atoms with Crippen LogP contribution in [0.5, 0.6) is 5.75 Å². The van der Waals surface area contributed by atoms with Crippen LogP contribution in [0.25, 0.3) is 0 Å². The van der Waals surface area contributed by atoms with E-state index in [-0.39, 0.29) is 12.4 Å². The first-order valence-electron chi connectivity index (χ1n) is 10.9. The highest BCUT2D eigenvalue weighted by Gasteiger charge is 2.15. The summed E-state index contributed by atoms with van der Waals surface area (Å²) in [5, 5.41) is 7.34. The van der Waals surface area contributed by atoms with Crippen molar-refractivity contribution in [3.05, 3.63) is 99.8 Å². The van der Waals surface area contributed by atoms with E-state index >= 15 is 0 Å². The van der Waals surface area contributed by atoms with Crippen molar-refractivity contribution < 1.29 is 18.3 Å². The Bertz CT molecular complexity index is 1310. The number of aromatic nitrogens is 2. The number of amides is 1. The van der Waals surface area contributed by atoms with Gasteiger partial charge < -0.3 is 14.5 Å². The summed E-state index contributed by atoms with van der Waals surface area (Å²) in [4.78, 5) is 12.6. The van der Waals surface area contributed by atoms with E-state index < -0.39 is 11.7 Å². The molecule has 0 saturated heterocycles. The van der Waals surface area contributed by atoms with Gasteiger partial charge in [-0.2, -0.15) is 5.10 Å². The van der Waals surface area contributed by atoms with E-state index in [9.17, 15) is 9.18 Å². The van der Waals surface area contributed by atoms with Crippen molar-refractivity contribution in [2.45, 2.75) is 39.8 Å². The molecule has 0 spiro atoms. The van der Waals surface area contributed by atoms with E-state index in [0.29, 0.717) is 34.6 Å². The first-order valence-corrected chi connectivity index (χ1v) is 11.3. The summed E-state index contributed by atoms with van der Waals surface area (Å²) < 4.78 is 26.5. The van der Waals surface area contributed by atoms with Gasteiger partial charge in [0.05, 0.1) is 6.54 Å². The lowest BCUT2D eigenvalue weighted by Gasteiger charge is -2.14. The number of aryl methyl sites for hydroxylation is 1. The van der Waals surface area contributed by atoms with E-state index in [4.69, 9.17) is 20.8 Å². The van der Waals surface area contributed by atoms with Crippen molar-refractivity contribution >= 4 is 23.3 Å². The van der Waals surface area contributed by atoms with Gasteiger partial charge in [0.2, 0.25) is 0 Å². The summed E-state index contributed by atoms with van der Waals surface area (Å²) >= 11 is 6.08. The Kier molecular flexibility index (Phi) is 7.03. The Balaban J connectivity index is 1.36. The number of benzene rings is 2. The number of furan rings is 1. The smallest absolute Gasteiger partial charge is 0.292 e. The lowest BCUT2D eigenvalue weighted by molar-refractivity contribution is 0.0992. The molecule has 2 heterocycles. The number of hydrogen-bond donors (Lipinski definition) is 1. The molecule has 2 aromatic heterocycles. The fraction of sp³-hybridized carbons (Fsp3) is 0.231. The van der Waals surface area contributed by atoms with Gasteiger partial charge in [-0.25, -0.2) is 4.39 Å². The SMILES string of the molecule is Cc1ccc(C(C)C)c(OCc2ccc(C(=O)Nc3ccn(Cc4ccc(F)cc4Cl)n3)o2)c1. The molecular formula is C26H25ClFN3O3. The molecule has 176 valence electrons. The number of carbonyl (C=O) groups is 1. The molecule has 0 aliphatic heterocycles. The normalized spacial score (nSPS) is 11.1. The number of nitrogens with zero attached hydrogens (tertiary/aromatic N) is 2. The van der Waals surface area contributed by atoms with E-state index in [0.717, 1.165) is 16.9 Å². The van der Waals surface area contributed by atoms with Crippen LogP contribution >= 0.6 is 11.6 Å². The second kappa shape index (κ2) is 10.1. The van der Waals surface area contributed by atoms with Crippen molar-refractivity contribution in [1.29, 1.82) is 0 Å². The van der Waals surface area contributed by atoms with Gasteiger partial charge in [0.25, 0.3) is 5.91 Å². The number of rotatable bonds is 8. The molecule has 34 heavy (non-hydrogen) atoms. The minimum atomic E-state index is -0.422. The summed E-state index contributed by atoms with van der Waals surface area (Å²) in [7, 11) is 0. The molecule has 0 unspecified atom stereocenters. The molecule has 0 fully saturated rings. The van der Waals surface area contributed by atoms with Gasteiger partial charge in [0, 0.05) is 17.3 Å². The number of hydrogen-bond acceptors (Lipinski definition) is 4. The monoisotopic (exact) mass is 481 g/mol. The molecule has 1 amide bonds. The maximum absolute atomic E-state index is 13.2. The van der Waals surface area contributed by atoms with Crippen LogP contribution in [0.2, 0.25) is 5.02 Å². The molecule has 0 bridgehead atoms. The zero-order valence-electron chi connectivity index (χ0n) is 19.1. The molecule has 6 nitrogen and oxygen atoms in total. The molecule has 8 heteroatoms. The lowest BCUT2D eigenvalue weighted by Crippen LogP contribution is -2.12. The van der Waals surface area contributed by atoms with Crippen molar-refractivity contribution in [3.8, 4) is 5.75 Å². The van der Waals surface area contributed by atoms with Gasteiger partial charge in [-0.15, -0.1) is 0 Å². The van der Waals surface area contributed by atoms with Crippen molar-refractivity contribution in [2.24, 2.45) is 0 Å². The van der Waals surface area contributed by atoms with Crippen molar-refractivity contribution in [3.63, 3.8) is 0 Å². The standard InChI is InChI=1S/C26H25ClFN3O3/c1-16(2)21-8-4-17(3)12-24(21)33-15-20-7-9-23(34-20)26(32)29-25-10-11-31(30-25)14-18-5-6-19(28)13-22(18)27/h4-13,16H,14-15H2,1-3H3,(H,29,30,32). The van der Waals surface area contributed by atoms with Crippen molar-refractivity contribution in [2.75, 3.05) is 5.32 Å². The molecule has 4 aromatic rings. The third kappa shape index (κ3) is 5.66. The Morgan fingerprint density at radius 1 is 1.18 bits per heavy atom. The highest BCUT2D eigenvalue weighted by Crippen LogP contribution is 2.28. The Labute approximate surface area is 202 Å². The van der Waals surface area contributed by atoms with Gasteiger partial charge in [0.1, 0.15) is 23.9 Å². The fourth-order valence-corrected chi connectivity index (χ4v) is 3.72. The third-order valence-electron chi connectivity index (χ3n) is 5.28. The van der Waals surface area contributed by atoms with Crippen LogP contribution in [0.3, 0.4) is 0 Å². The van der Waals surface area contributed by atoms with E-state index in [1.54, 1.807) is 35.1 Å². The quantitative estimate of drug-likeness (QED) is 0.308. The average molecular weight is 482 g/mol.